The number of amides is 2. The van der Waals surface area contributed by atoms with Gasteiger partial charge in [-0.1, -0.05) is 32.0 Å². The van der Waals surface area contributed by atoms with Gasteiger partial charge in [0.2, 0.25) is 11.8 Å². The van der Waals surface area contributed by atoms with Crippen LogP contribution in [0, 0.1) is 5.92 Å². The quantitative estimate of drug-likeness (QED) is 0.617. The van der Waals surface area contributed by atoms with Crippen molar-refractivity contribution in [2.45, 2.75) is 63.2 Å². The highest BCUT2D eigenvalue weighted by atomic mass is 19.2. The number of para-hydroxylation sites is 1. The van der Waals surface area contributed by atoms with Crippen molar-refractivity contribution < 1.29 is 28.3 Å². The van der Waals surface area contributed by atoms with E-state index in [1.807, 2.05) is 38.1 Å². The van der Waals surface area contributed by atoms with E-state index in [9.17, 15) is 23.2 Å². The lowest BCUT2D eigenvalue weighted by Crippen LogP contribution is -2.47. The number of fused-ring (bicyclic) bond motifs is 3. The third-order valence-electron chi connectivity index (χ3n) is 7.06. The number of nitrogens with one attached hydrogen (secondary N) is 2. The smallest absolute Gasteiger partial charge is 0.305 e. The molecule has 9 heteroatoms. The number of hydrogen-bond acceptors (Lipinski definition) is 3. The van der Waals surface area contributed by atoms with Crippen LogP contribution in [-0.4, -0.2) is 64.8 Å². The maximum absolute atomic E-state index is 14.1. The Kier molecular flexibility index (Phi) is 6.64. The molecule has 2 aliphatic rings. The van der Waals surface area contributed by atoms with Crippen LogP contribution >= 0.6 is 0 Å². The number of nitrogens with zero attached hydrogens (tertiary/aromatic N) is 1. The summed E-state index contributed by atoms with van der Waals surface area (Å²) in [6.07, 6.45) is -3.27. The number of alkyl halides is 2. The third-order valence-corrected chi connectivity index (χ3v) is 7.06. The highest BCUT2D eigenvalue weighted by molar-refractivity contribution is 5.92. The van der Waals surface area contributed by atoms with Gasteiger partial charge < -0.3 is 20.3 Å². The van der Waals surface area contributed by atoms with E-state index in [-0.39, 0.29) is 50.6 Å². The van der Waals surface area contributed by atoms with Crippen molar-refractivity contribution >= 4 is 28.7 Å². The number of carboxylic acids is 1. The zero-order valence-electron chi connectivity index (χ0n) is 19.4. The van der Waals surface area contributed by atoms with E-state index < -0.39 is 35.6 Å². The number of hydrogen-bond donors (Lipinski definition) is 3. The van der Waals surface area contributed by atoms with Crippen LogP contribution < -0.4 is 5.32 Å². The van der Waals surface area contributed by atoms with Gasteiger partial charge in [0.15, 0.2) is 0 Å². The van der Waals surface area contributed by atoms with Crippen LogP contribution in [-0.2, 0) is 19.8 Å². The molecule has 3 unspecified atom stereocenters. The Bertz CT molecular complexity index is 1100. The molecule has 2 heterocycles. The van der Waals surface area contributed by atoms with E-state index in [0.717, 1.165) is 16.5 Å². The van der Waals surface area contributed by atoms with E-state index in [1.54, 1.807) is 4.90 Å². The van der Waals surface area contributed by atoms with E-state index in [1.165, 1.54) is 0 Å². The molecule has 1 fully saturated rings. The molecule has 1 aliphatic heterocycles. The largest absolute Gasteiger partial charge is 0.481 e. The molecule has 1 aromatic heterocycles. The number of rotatable bonds is 5. The van der Waals surface area contributed by atoms with Gasteiger partial charge in [-0.15, -0.1) is 0 Å². The van der Waals surface area contributed by atoms with Crippen molar-refractivity contribution in [2.24, 2.45) is 5.92 Å². The Balaban J connectivity index is 1.69. The number of carbonyl (C=O) groups excluding carboxylic acids is 2. The minimum absolute atomic E-state index is 0.0115. The number of carbonyl (C=O) groups is 3. The number of aliphatic carboxylic acids is 1. The van der Waals surface area contributed by atoms with Crippen LogP contribution in [0.15, 0.2) is 24.3 Å². The molecule has 0 radical (unpaired) electrons. The number of carboxylic acid groups (broad SMARTS) is 1. The fourth-order valence-electron chi connectivity index (χ4n) is 5.44. The Morgan fingerprint density at radius 3 is 2.62 bits per heavy atom. The molecular weight excluding hydrogens is 444 g/mol. The predicted molar refractivity (Wildman–Crippen MR) is 123 cm³/mol. The molecule has 1 saturated carbocycles. The Labute approximate surface area is 196 Å². The summed E-state index contributed by atoms with van der Waals surface area (Å²) < 4.78 is 27.7. The number of aromatic nitrogens is 1. The van der Waals surface area contributed by atoms with Gasteiger partial charge in [0, 0.05) is 47.6 Å². The summed E-state index contributed by atoms with van der Waals surface area (Å²) in [5, 5.41) is 12.6. The van der Waals surface area contributed by atoms with E-state index >= 15 is 0 Å². The van der Waals surface area contributed by atoms with Crippen LogP contribution in [0.4, 0.5) is 8.78 Å². The predicted octanol–water partition coefficient (Wildman–Crippen LogP) is 3.44. The number of H-pyrrole nitrogens is 1. The van der Waals surface area contributed by atoms with Gasteiger partial charge in [-0.25, -0.2) is 8.78 Å². The fourth-order valence-corrected chi connectivity index (χ4v) is 5.44. The van der Waals surface area contributed by atoms with Gasteiger partial charge in [-0.2, -0.15) is 0 Å². The molecule has 184 valence electrons. The molecule has 0 spiro atoms. The minimum Gasteiger partial charge on any atom is -0.481 e. The van der Waals surface area contributed by atoms with Crippen LogP contribution in [0.2, 0.25) is 0 Å². The Morgan fingerprint density at radius 2 is 1.91 bits per heavy atom. The van der Waals surface area contributed by atoms with E-state index in [0.29, 0.717) is 12.2 Å². The zero-order chi connectivity index (χ0) is 24.6. The van der Waals surface area contributed by atoms with Crippen LogP contribution in [0.1, 0.15) is 56.7 Å². The molecule has 34 heavy (non-hydrogen) atoms. The second kappa shape index (κ2) is 9.35. The van der Waals surface area contributed by atoms with Crippen LogP contribution in [0.25, 0.3) is 10.9 Å². The number of halogens is 2. The number of benzene rings is 1. The molecule has 0 saturated heterocycles. The maximum atomic E-state index is 14.1. The molecule has 4 rings (SSSR count). The first-order chi connectivity index (χ1) is 16.1. The first-order valence-electron chi connectivity index (χ1n) is 11.8. The molecule has 0 bridgehead atoms. The lowest BCUT2D eigenvalue weighted by atomic mass is 9.81. The summed E-state index contributed by atoms with van der Waals surface area (Å²) in [5.41, 5.74) is 2.00. The first kappa shape index (κ1) is 24.2. The van der Waals surface area contributed by atoms with E-state index in [4.69, 9.17) is 5.11 Å². The second-order valence-electron chi connectivity index (χ2n) is 10.1. The van der Waals surface area contributed by atoms with Crippen LogP contribution in [0.5, 0.6) is 0 Å². The van der Waals surface area contributed by atoms with Gasteiger partial charge >= 0.3 is 5.97 Å². The molecular formula is C25H31F2N3O4. The molecule has 4 atom stereocenters. The van der Waals surface area contributed by atoms with Crippen molar-refractivity contribution in [3.8, 4) is 0 Å². The molecule has 1 aromatic carbocycles. The molecule has 7 nitrogen and oxygen atoms in total. The van der Waals surface area contributed by atoms with Gasteiger partial charge in [-0.05, 0) is 30.9 Å². The molecule has 2 amide bonds. The third kappa shape index (κ3) is 4.65. The monoisotopic (exact) mass is 475 g/mol. The lowest BCUT2D eigenvalue weighted by molar-refractivity contribution is -0.139. The van der Waals surface area contributed by atoms with Crippen molar-refractivity contribution in [2.75, 3.05) is 19.6 Å². The summed E-state index contributed by atoms with van der Waals surface area (Å²) in [5.74, 6) is -3.03. The van der Waals surface area contributed by atoms with Gasteiger partial charge in [0.1, 0.15) is 12.3 Å². The lowest BCUT2D eigenvalue weighted by Gasteiger charge is -2.35. The molecule has 1 aliphatic carbocycles. The van der Waals surface area contributed by atoms with Gasteiger partial charge in [0.25, 0.3) is 0 Å². The first-order valence-corrected chi connectivity index (χ1v) is 11.8. The summed E-state index contributed by atoms with van der Waals surface area (Å²) in [7, 11) is 0. The normalized spacial score (nSPS) is 26.5. The van der Waals surface area contributed by atoms with E-state index in [2.05, 4.69) is 10.3 Å². The zero-order valence-corrected chi connectivity index (χ0v) is 19.4. The fraction of sp³-hybridized carbons (Fsp3) is 0.560. The summed E-state index contributed by atoms with van der Waals surface area (Å²) in [4.78, 5) is 42.6. The van der Waals surface area contributed by atoms with Crippen molar-refractivity contribution in [1.82, 2.24) is 15.2 Å². The van der Waals surface area contributed by atoms with Crippen molar-refractivity contribution in [3.05, 3.63) is 35.5 Å². The van der Waals surface area contributed by atoms with Crippen molar-refractivity contribution in [3.63, 3.8) is 0 Å². The minimum atomic E-state index is -1.66. The topological polar surface area (TPSA) is 102 Å². The molecule has 3 N–H and O–H groups in total. The average Bonchev–Trinajstić information content (AvgIpc) is 3.12. The highest BCUT2D eigenvalue weighted by Gasteiger charge is 2.43. The standard InChI is InChI=1S/C25H31F2N3O4/c1-25(2)13-30(24(34)14-7-8-17(26)18(27)11-14)12-16(23(33)28-10-9-20(31)32)22-21(25)15-5-3-4-6-19(15)29-22/h3-6,14,16-18,29H,7-13H2,1-2H3,(H,28,33)(H,31,32)/t14?,16?,17-,18?/m0/s1. The maximum Gasteiger partial charge on any atom is 0.305 e. The van der Waals surface area contributed by atoms with Gasteiger partial charge in [-0.3, -0.25) is 14.4 Å². The van der Waals surface area contributed by atoms with Crippen LogP contribution in [0.3, 0.4) is 0 Å². The Morgan fingerprint density at radius 1 is 1.18 bits per heavy atom. The summed E-state index contributed by atoms with van der Waals surface area (Å²) >= 11 is 0. The second-order valence-corrected chi connectivity index (χ2v) is 10.1. The van der Waals surface area contributed by atoms with Gasteiger partial charge in [0.05, 0.1) is 12.3 Å². The summed E-state index contributed by atoms with van der Waals surface area (Å²) in [6, 6.07) is 7.72. The molecule has 2 aromatic rings. The average molecular weight is 476 g/mol. The summed E-state index contributed by atoms with van der Waals surface area (Å²) in [6.45, 7) is 4.39. The number of aromatic amines is 1. The highest BCUT2D eigenvalue weighted by Crippen LogP contribution is 2.41. The SMILES string of the molecule is CC1(C)CN(C(=O)C2CC[C@H](F)C(F)C2)CC(C(=O)NCCC(=O)O)c2[nH]c3ccccc3c21. The van der Waals surface area contributed by atoms with Crippen molar-refractivity contribution in [1.29, 1.82) is 0 Å². The Hall–Kier alpha value is -2.97.